The molecular formula is C12H13NO3S. The topological polar surface area (TPSA) is 59.3 Å². The molecule has 1 aromatic carbocycles. The molecule has 5 heteroatoms. The first-order valence-corrected chi connectivity index (χ1v) is 6.76. The molecule has 4 nitrogen and oxygen atoms in total. The summed E-state index contributed by atoms with van der Waals surface area (Å²) in [7, 11) is -3.48. The van der Waals surface area contributed by atoms with Crippen LogP contribution in [0.2, 0.25) is 0 Å². The van der Waals surface area contributed by atoms with E-state index in [1.54, 1.807) is 43.3 Å². The molecule has 0 fully saturated rings. The summed E-state index contributed by atoms with van der Waals surface area (Å²) in [5.74, 6) is 0.544. The van der Waals surface area contributed by atoms with Crippen molar-refractivity contribution in [3.8, 4) is 11.3 Å². The lowest BCUT2D eigenvalue weighted by Crippen LogP contribution is -2.23. The average Bonchev–Trinajstić information content (AvgIpc) is 2.82. The normalized spacial score (nSPS) is 11.6. The van der Waals surface area contributed by atoms with Crippen LogP contribution in [0.3, 0.4) is 0 Å². The molecule has 0 aliphatic heterocycles. The zero-order valence-corrected chi connectivity index (χ0v) is 10.2. The molecule has 0 saturated heterocycles. The van der Waals surface area contributed by atoms with Crippen LogP contribution in [-0.4, -0.2) is 15.0 Å². The number of benzene rings is 1. The Morgan fingerprint density at radius 3 is 2.59 bits per heavy atom. The Morgan fingerprint density at radius 2 is 1.94 bits per heavy atom. The van der Waals surface area contributed by atoms with E-state index in [1.165, 1.54) is 6.26 Å². The molecule has 1 N–H and O–H groups in total. The van der Waals surface area contributed by atoms with Gasteiger partial charge in [-0.2, -0.15) is 0 Å². The highest BCUT2D eigenvalue weighted by molar-refractivity contribution is 7.89. The van der Waals surface area contributed by atoms with E-state index in [1.807, 2.05) is 0 Å². The van der Waals surface area contributed by atoms with Crippen molar-refractivity contribution in [1.29, 1.82) is 0 Å². The number of furan rings is 1. The van der Waals surface area contributed by atoms with Gasteiger partial charge in [0.05, 0.1) is 11.2 Å². The van der Waals surface area contributed by atoms with Gasteiger partial charge in [0.2, 0.25) is 10.0 Å². The molecule has 17 heavy (non-hydrogen) atoms. The first-order chi connectivity index (χ1) is 8.15. The SMILES string of the molecule is CCNS(=O)(=O)c1ccccc1-c1ccco1. The fourth-order valence-electron chi connectivity index (χ4n) is 1.60. The van der Waals surface area contributed by atoms with Gasteiger partial charge in [0.1, 0.15) is 5.76 Å². The minimum atomic E-state index is -3.48. The Kier molecular flexibility index (Phi) is 3.31. The van der Waals surface area contributed by atoms with Gasteiger partial charge in [-0.25, -0.2) is 13.1 Å². The van der Waals surface area contributed by atoms with Crippen molar-refractivity contribution in [1.82, 2.24) is 4.72 Å². The highest BCUT2D eigenvalue weighted by Gasteiger charge is 2.18. The van der Waals surface area contributed by atoms with Gasteiger partial charge in [0, 0.05) is 12.1 Å². The van der Waals surface area contributed by atoms with Gasteiger partial charge in [0.15, 0.2) is 0 Å². The maximum Gasteiger partial charge on any atom is 0.241 e. The van der Waals surface area contributed by atoms with Crippen molar-refractivity contribution < 1.29 is 12.8 Å². The third-order valence-electron chi connectivity index (χ3n) is 2.30. The molecule has 0 aliphatic carbocycles. The van der Waals surface area contributed by atoms with E-state index in [0.29, 0.717) is 17.9 Å². The van der Waals surface area contributed by atoms with E-state index < -0.39 is 10.0 Å². The summed E-state index contributed by atoms with van der Waals surface area (Å²) < 4.78 is 31.7. The summed E-state index contributed by atoms with van der Waals surface area (Å²) >= 11 is 0. The van der Waals surface area contributed by atoms with E-state index >= 15 is 0 Å². The second-order valence-corrected chi connectivity index (χ2v) is 5.21. The smallest absolute Gasteiger partial charge is 0.241 e. The second kappa shape index (κ2) is 4.73. The average molecular weight is 251 g/mol. The summed E-state index contributed by atoms with van der Waals surface area (Å²) in [5, 5.41) is 0. The van der Waals surface area contributed by atoms with Gasteiger partial charge in [-0.15, -0.1) is 0 Å². The van der Waals surface area contributed by atoms with Crippen LogP contribution in [0.1, 0.15) is 6.92 Å². The molecule has 0 unspecified atom stereocenters. The first kappa shape index (κ1) is 11.9. The molecule has 0 bridgehead atoms. The third kappa shape index (κ3) is 2.40. The number of hydrogen-bond donors (Lipinski definition) is 1. The Labute approximate surface area is 100 Å². The van der Waals surface area contributed by atoms with E-state index in [0.717, 1.165) is 0 Å². The number of nitrogens with one attached hydrogen (secondary N) is 1. The number of rotatable bonds is 4. The van der Waals surface area contributed by atoms with Crippen molar-refractivity contribution >= 4 is 10.0 Å². The number of sulfonamides is 1. The van der Waals surface area contributed by atoms with Crippen LogP contribution in [0.5, 0.6) is 0 Å². The van der Waals surface area contributed by atoms with Crippen molar-refractivity contribution in [2.24, 2.45) is 0 Å². The fourth-order valence-corrected chi connectivity index (χ4v) is 2.86. The summed E-state index contributed by atoms with van der Waals surface area (Å²) in [6.07, 6.45) is 1.52. The Hall–Kier alpha value is -1.59. The summed E-state index contributed by atoms with van der Waals surface area (Å²) in [6.45, 7) is 2.10. The van der Waals surface area contributed by atoms with Crippen LogP contribution in [-0.2, 0) is 10.0 Å². The lowest BCUT2D eigenvalue weighted by molar-refractivity contribution is 0.573. The fraction of sp³-hybridized carbons (Fsp3) is 0.167. The Balaban J connectivity index is 2.56. The summed E-state index contributed by atoms with van der Waals surface area (Å²) in [4.78, 5) is 0.233. The van der Waals surface area contributed by atoms with Crippen molar-refractivity contribution in [2.75, 3.05) is 6.54 Å². The molecule has 0 aliphatic rings. The van der Waals surface area contributed by atoms with Gasteiger partial charge in [-0.3, -0.25) is 0 Å². The van der Waals surface area contributed by atoms with Crippen LogP contribution < -0.4 is 4.72 Å². The molecule has 0 radical (unpaired) electrons. The van der Waals surface area contributed by atoms with E-state index in [9.17, 15) is 8.42 Å². The zero-order valence-electron chi connectivity index (χ0n) is 9.38. The molecule has 0 saturated carbocycles. The highest BCUT2D eigenvalue weighted by Crippen LogP contribution is 2.27. The lowest BCUT2D eigenvalue weighted by Gasteiger charge is -2.08. The molecule has 90 valence electrons. The van der Waals surface area contributed by atoms with Crippen LogP contribution in [0.4, 0.5) is 0 Å². The molecular weight excluding hydrogens is 238 g/mol. The van der Waals surface area contributed by atoms with E-state index in [4.69, 9.17) is 4.42 Å². The standard InChI is InChI=1S/C12H13NO3S/c1-2-13-17(14,15)12-8-4-3-6-10(12)11-7-5-9-16-11/h3-9,13H,2H2,1H3. The first-order valence-electron chi connectivity index (χ1n) is 5.27. The van der Waals surface area contributed by atoms with Crippen LogP contribution in [0.15, 0.2) is 52.0 Å². The largest absolute Gasteiger partial charge is 0.464 e. The zero-order chi connectivity index (χ0) is 12.3. The van der Waals surface area contributed by atoms with Crippen molar-refractivity contribution in [2.45, 2.75) is 11.8 Å². The minimum Gasteiger partial charge on any atom is -0.464 e. The van der Waals surface area contributed by atoms with Crippen LogP contribution >= 0.6 is 0 Å². The summed E-state index contributed by atoms with van der Waals surface area (Å²) in [5.41, 5.74) is 0.568. The maximum atomic E-state index is 12.0. The Bertz CT molecular complexity index is 588. The van der Waals surface area contributed by atoms with Crippen LogP contribution in [0.25, 0.3) is 11.3 Å². The monoisotopic (exact) mass is 251 g/mol. The van der Waals surface area contributed by atoms with Crippen molar-refractivity contribution in [3.63, 3.8) is 0 Å². The predicted octanol–water partition coefficient (Wildman–Crippen LogP) is 2.24. The minimum absolute atomic E-state index is 0.233. The molecule has 0 spiro atoms. The lowest BCUT2D eigenvalue weighted by atomic mass is 10.2. The third-order valence-corrected chi connectivity index (χ3v) is 3.90. The Morgan fingerprint density at radius 1 is 1.18 bits per heavy atom. The van der Waals surface area contributed by atoms with Crippen LogP contribution in [0, 0.1) is 0 Å². The molecule has 2 aromatic rings. The second-order valence-electron chi connectivity index (χ2n) is 3.47. The maximum absolute atomic E-state index is 12.0. The molecule has 0 atom stereocenters. The van der Waals surface area contributed by atoms with Gasteiger partial charge < -0.3 is 4.42 Å². The van der Waals surface area contributed by atoms with Gasteiger partial charge in [-0.05, 0) is 24.3 Å². The van der Waals surface area contributed by atoms with Gasteiger partial charge >= 0.3 is 0 Å². The molecule has 2 rings (SSSR count). The van der Waals surface area contributed by atoms with E-state index in [2.05, 4.69) is 4.72 Å². The highest BCUT2D eigenvalue weighted by atomic mass is 32.2. The quantitative estimate of drug-likeness (QED) is 0.906. The molecule has 0 amide bonds. The predicted molar refractivity (Wildman–Crippen MR) is 65.0 cm³/mol. The van der Waals surface area contributed by atoms with Crippen molar-refractivity contribution in [3.05, 3.63) is 42.7 Å². The van der Waals surface area contributed by atoms with E-state index in [-0.39, 0.29) is 4.90 Å². The van der Waals surface area contributed by atoms with Gasteiger partial charge in [0.25, 0.3) is 0 Å². The summed E-state index contributed by atoms with van der Waals surface area (Å²) in [6, 6.07) is 10.2. The molecule has 1 heterocycles. The van der Waals surface area contributed by atoms with Gasteiger partial charge in [-0.1, -0.05) is 19.1 Å². The molecule has 1 aromatic heterocycles. The number of hydrogen-bond acceptors (Lipinski definition) is 3.